The summed E-state index contributed by atoms with van der Waals surface area (Å²) < 4.78 is 23.0. The molecule has 2 atom stereocenters. The largest absolute Gasteiger partial charge is 0.477 e. The van der Waals surface area contributed by atoms with Crippen molar-refractivity contribution in [3.05, 3.63) is 134 Å². The number of rotatable bonds is 66. The van der Waals surface area contributed by atoms with Gasteiger partial charge < -0.3 is 28.5 Å². The molecule has 0 aromatic carbocycles. The molecule has 0 aromatic rings. The lowest BCUT2D eigenvalue weighted by Gasteiger charge is -2.25. The van der Waals surface area contributed by atoms with E-state index in [4.69, 9.17) is 18.9 Å². The van der Waals surface area contributed by atoms with Crippen molar-refractivity contribution < 1.29 is 42.9 Å². The van der Waals surface area contributed by atoms with Crippen molar-refractivity contribution in [3.8, 4) is 0 Å². The highest BCUT2D eigenvalue weighted by Gasteiger charge is 2.25. The van der Waals surface area contributed by atoms with Crippen molar-refractivity contribution in [2.75, 3.05) is 47.5 Å². The molecule has 0 bridgehead atoms. The minimum atomic E-state index is -1.52. The Morgan fingerprint density at radius 1 is 0.348 bits per heavy atom. The van der Waals surface area contributed by atoms with Gasteiger partial charge in [-0.15, -0.1) is 0 Å². The number of carbonyl (C=O) groups excluding carboxylic acids is 2. The number of carboxylic acid groups (broad SMARTS) is 1. The highest BCUT2D eigenvalue weighted by atomic mass is 16.7. The number of hydrogen-bond acceptors (Lipinski definition) is 7. The number of likely N-dealkylation sites (N-methyl/N-ethyl adjacent to an activating group) is 1. The molecule has 0 rings (SSSR count). The summed E-state index contributed by atoms with van der Waals surface area (Å²) in [7, 11) is 5.97. The van der Waals surface area contributed by atoms with Crippen LogP contribution in [0.5, 0.6) is 0 Å². The van der Waals surface area contributed by atoms with Crippen molar-refractivity contribution in [3.63, 3.8) is 0 Å². The third-order valence-electron chi connectivity index (χ3n) is 15.4. The minimum absolute atomic E-state index is 0.181. The van der Waals surface area contributed by atoms with E-state index in [9.17, 15) is 19.5 Å². The van der Waals surface area contributed by atoms with Crippen molar-refractivity contribution in [2.24, 2.45) is 0 Å². The van der Waals surface area contributed by atoms with Crippen LogP contribution in [-0.2, 0) is 33.3 Å². The summed E-state index contributed by atoms with van der Waals surface area (Å²) in [4.78, 5) is 37.6. The number of esters is 2. The Morgan fingerprint density at radius 3 is 0.966 bits per heavy atom. The summed E-state index contributed by atoms with van der Waals surface area (Å²) in [6.07, 6.45) is 97.1. The van der Waals surface area contributed by atoms with Gasteiger partial charge in [-0.2, -0.15) is 0 Å². The molecule has 0 fully saturated rings. The lowest BCUT2D eigenvalue weighted by molar-refractivity contribution is -0.870. The maximum atomic E-state index is 13.0. The smallest absolute Gasteiger partial charge is 0.361 e. The molecule has 9 heteroatoms. The van der Waals surface area contributed by atoms with Gasteiger partial charge in [0.15, 0.2) is 6.10 Å². The number of nitrogens with zero attached hydrogens (tertiary/aromatic N) is 1. The van der Waals surface area contributed by atoms with Gasteiger partial charge in [0.25, 0.3) is 6.29 Å². The Bertz CT molecular complexity index is 1930. The molecule has 0 aliphatic carbocycles. The molecule has 0 saturated heterocycles. The number of carboxylic acids is 1. The summed E-state index contributed by atoms with van der Waals surface area (Å²) in [5.41, 5.74) is 0. The Morgan fingerprint density at radius 2 is 0.640 bits per heavy atom. The van der Waals surface area contributed by atoms with Crippen molar-refractivity contribution in [1.29, 1.82) is 0 Å². The SMILES string of the molecule is CC/C=C\C/C=C\C/C=C\C/C=C\C/C=C\C/C=C\C/C=C\C/C=C\C/C=C\C/C=C\CCCCCCCCCCC(=O)OC(COC(=O)CCCCCCCCCCCCCCC/C=C\CCCCCCCCCC)COC(OCC[N+](C)(C)C)C(=O)O. The van der Waals surface area contributed by atoms with Crippen LogP contribution in [0.25, 0.3) is 0 Å². The minimum Gasteiger partial charge on any atom is -0.477 e. The average Bonchev–Trinajstić information content (AvgIpc) is 3.64. The fourth-order valence-electron chi connectivity index (χ4n) is 9.86. The summed E-state index contributed by atoms with van der Waals surface area (Å²) >= 11 is 0. The van der Waals surface area contributed by atoms with Crippen LogP contribution in [0.4, 0.5) is 0 Å². The zero-order valence-corrected chi connectivity index (χ0v) is 58.0. The van der Waals surface area contributed by atoms with E-state index in [2.05, 4.69) is 148 Å². The molecule has 0 heterocycles. The maximum Gasteiger partial charge on any atom is 0.361 e. The average molecular weight is 1240 g/mol. The van der Waals surface area contributed by atoms with E-state index in [0.717, 1.165) is 109 Å². The lowest BCUT2D eigenvalue weighted by Crippen LogP contribution is -2.40. The van der Waals surface area contributed by atoms with Gasteiger partial charge in [0, 0.05) is 12.8 Å². The molecule has 0 aliphatic rings. The number of ether oxygens (including phenoxy) is 4. The van der Waals surface area contributed by atoms with Crippen LogP contribution >= 0.6 is 0 Å². The van der Waals surface area contributed by atoms with Gasteiger partial charge in [0.1, 0.15) is 13.2 Å². The van der Waals surface area contributed by atoms with Crippen LogP contribution in [0.3, 0.4) is 0 Å². The Labute approximate surface area is 548 Å². The van der Waals surface area contributed by atoms with E-state index in [1.807, 2.05) is 21.1 Å². The van der Waals surface area contributed by atoms with Crippen molar-refractivity contribution >= 4 is 17.9 Å². The fourth-order valence-corrected chi connectivity index (χ4v) is 9.86. The predicted molar refractivity (Wildman–Crippen MR) is 382 cm³/mol. The fraction of sp³-hybridized carbons (Fsp3) is 0.688. The molecule has 0 saturated carbocycles. The molecule has 89 heavy (non-hydrogen) atoms. The van der Waals surface area contributed by atoms with Gasteiger partial charge in [-0.05, 0) is 116 Å². The van der Waals surface area contributed by atoms with Gasteiger partial charge >= 0.3 is 17.9 Å². The van der Waals surface area contributed by atoms with Crippen LogP contribution in [-0.4, -0.2) is 87.4 Å². The van der Waals surface area contributed by atoms with Gasteiger partial charge in [-0.1, -0.05) is 302 Å². The van der Waals surface area contributed by atoms with E-state index >= 15 is 0 Å². The summed E-state index contributed by atoms with van der Waals surface area (Å²) in [5, 5.41) is 9.75. The van der Waals surface area contributed by atoms with E-state index in [1.165, 1.54) is 154 Å². The Hall–Kier alpha value is -4.57. The van der Waals surface area contributed by atoms with Crippen LogP contribution < -0.4 is 0 Å². The molecule has 0 aromatic heterocycles. The van der Waals surface area contributed by atoms with E-state index in [-0.39, 0.29) is 32.2 Å². The quantitative estimate of drug-likeness (QED) is 0.0211. The van der Waals surface area contributed by atoms with Gasteiger partial charge in [0.05, 0.1) is 34.4 Å². The summed E-state index contributed by atoms with van der Waals surface area (Å²) in [5.74, 6) is -2.02. The van der Waals surface area contributed by atoms with Gasteiger partial charge in [-0.25, -0.2) is 4.79 Å². The molecule has 2 unspecified atom stereocenters. The summed E-state index contributed by atoms with van der Waals surface area (Å²) in [6.45, 7) is 4.77. The first-order valence-electron chi connectivity index (χ1n) is 36.3. The third kappa shape index (κ3) is 70.7. The highest BCUT2D eigenvalue weighted by molar-refractivity contribution is 5.71. The van der Waals surface area contributed by atoms with Crippen LogP contribution in [0.15, 0.2) is 134 Å². The van der Waals surface area contributed by atoms with Gasteiger partial charge in [0.2, 0.25) is 0 Å². The molecule has 9 nitrogen and oxygen atoms in total. The standard InChI is InChI=1S/C80H135NO8/c1-6-8-10-12-14-16-18-20-22-24-26-28-30-32-33-34-35-36-37-38-39-40-41-42-43-44-45-47-49-51-53-55-57-59-61-63-65-67-69-71-78(83)89-76(75-88-80(79(84)85)86-73-72-81(3,4)5)74-87-77(82)70-68-66-64-62-60-58-56-54-52-50-48-46-31-29-27-25-23-21-19-17-15-13-11-9-7-2/h8,10,14,16,20,22,25-28,32-33,35-36,38-39,41-42,44-45,49,51,76,80H,6-7,9,11-13,15,17-19,21,23-24,29-31,34,37,40,43,46-48,50,52-75H2,1-5H3/p+1/b10-8-,16-14-,22-20-,27-25-,28-26-,33-32-,36-35-,39-38-,42-41-,45-44-,51-49-. The number of aliphatic carboxylic acids is 1. The first-order chi connectivity index (χ1) is 43.6. The van der Waals surface area contributed by atoms with E-state index < -0.39 is 24.3 Å². The second-order valence-electron chi connectivity index (χ2n) is 25.2. The molecular formula is C80H136NO8+. The second kappa shape index (κ2) is 69.3. The molecule has 508 valence electrons. The molecule has 1 N–H and O–H groups in total. The first-order valence-corrected chi connectivity index (χ1v) is 36.3. The number of hydrogen-bond donors (Lipinski definition) is 1. The molecular weight excluding hydrogens is 1100 g/mol. The first kappa shape index (κ1) is 84.4. The maximum absolute atomic E-state index is 13.0. The molecule has 0 amide bonds. The van der Waals surface area contributed by atoms with E-state index in [1.54, 1.807) is 0 Å². The van der Waals surface area contributed by atoms with Crippen molar-refractivity contribution in [1.82, 2.24) is 0 Å². The molecule has 0 radical (unpaired) electrons. The second-order valence-corrected chi connectivity index (χ2v) is 25.2. The number of unbranched alkanes of at least 4 members (excludes halogenated alkanes) is 29. The molecule has 0 aliphatic heterocycles. The third-order valence-corrected chi connectivity index (χ3v) is 15.4. The monoisotopic (exact) mass is 1240 g/mol. The van der Waals surface area contributed by atoms with Gasteiger partial charge in [-0.3, -0.25) is 9.59 Å². The lowest BCUT2D eigenvalue weighted by atomic mass is 10.0. The van der Waals surface area contributed by atoms with Crippen LogP contribution in [0, 0.1) is 0 Å². The number of allylic oxidation sites excluding steroid dienone is 22. The topological polar surface area (TPSA) is 108 Å². The van der Waals surface area contributed by atoms with Crippen LogP contribution in [0.1, 0.15) is 296 Å². The van der Waals surface area contributed by atoms with E-state index in [0.29, 0.717) is 23.9 Å². The van der Waals surface area contributed by atoms with Crippen molar-refractivity contribution in [2.45, 2.75) is 309 Å². The molecule has 0 spiro atoms. The highest BCUT2D eigenvalue weighted by Crippen LogP contribution is 2.17. The Kier molecular flexibility index (Phi) is 65.8. The number of quaternary nitrogens is 1. The zero-order chi connectivity index (χ0) is 64.7. The van der Waals surface area contributed by atoms with Crippen LogP contribution in [0.2, 0.25) is 0 Å². The zero-order valence-electron chi connectivity index (χ0n) is 58.0. The number of carbonyl (C=O) groups is 3. The summed E-state index contributed by atoms with van der Waals surface area (Å²) in [6, 6.07) is 0. The normalized spacial score (nSPS) is 13.5. The Balaban J connectivity index is 4.16. The predicted octanol–water partition coefficient (Wildman–Crippen LogP) is 22.9.